The Labute approximate surface area is 168 Å². The van der Waals surface area contributed by atoms with Crippen LogP contribution in [-0.4, -0.2) is 59.4 Å². The van der Waals surface area contributed by atoms with Gasteiger partial charge in [-0.2, -0.15) is 10.1 Å². The van der Waals surface area contributed by atoms with E-state index in [0.29, 0.717) is 23.0 Å². The highest BCUT2D eigenvalue weighted by atomic mass is 16.5. The Balaban J connectivity index is 1.46. The lowest BCUT2D eigenvalue weighted by Gasteiger charge is -2.35. The van der Waals surface area contributed by atoms with Gasteiger partial charge in [0.25, 0.3) is 0 Å². The van der Waals surface area contributed by atoms with E-state index in [2.05, 4.69) is 35.3 Å². The predicted molar refractivity (Wildman–Crippen MR) is 110 cm³/mol. The summed E-state index contributed by atoms with van der Waals surface area (Å²) >= 11 is 0. The first-order valence-corrected chi connectivity index (χ1v) is 9.29. The number of hydrogen-bond donors (Lipinski definition) is 1. The number of carbonyl (C=O) groups excluding carboxylic acids is 1. The molecule has 0 radical (unpaired) electrons. The molecule has 0 unspecified atom stereocenters. The highest BCUT2D eigenvalue weighted by Crippen LogP contribution is 2.21. The number of benzene rings is 1. The topological polar surface area (TPSA) is 96.4 Å². The maximum absolute atomic E-state index is 12.0. The van der Waals surface area contributed by atoms with Gasteiger partial charge in [0.2, 0.25) is 5.95 Å². The predicted octanol–water partition coefficient (Wildman–Crippen LogP) is 2.12. The van der Waals surface area contributed by atoms with Crippen molar-refractivity contribution in [1.29, 1.82) is 0 Å². The highest BCUT2D eigenvalue weighted by Gasteiger charge is 2.20. The van der Waals surface area contributed by atoms with Gasteiger partial charge in [0, 0.05) is 32.4 Å². The summed E-state index contributed by atoms with van der Waals surface area (Å²) in [6.45, 7) is 3.17. The molecule has 1 saturated heterocycles. The van der Waals surface area contributed by atoms with Crippen LogP contribution in [-0.2, 0) is 4.74 Å². The lowest BCUT2D eigenvalue weighted by Crippen LogP contribution is -2.47. The summed E-state index contributed by atoms with van der Waals surface area (Å²) in [6, 6.07) is 13.0. The molecule has 0 amide bonds. The van der Waals surface area contributed by atoms with Crippen molar-refractivity contribution in [2.45, 2.75) is 0 Å². The molecule has 1 aliphatic rings. The van der Waals surface area contributed by atoms with Gasteiger partial charge in [-0.05, 0) is 24.3 Å². The zero-order valence-corrected chi connectivity index (χ0v) is 16.0. The zero-order valence-electron chi connectivity index (χ0n) is 16.0. The molecule has 0 saturated carbocycles. The number of rotatable bonds is 5. The van der Waals surface area contributed by atoms with E-state index in [9.17, 15) is 4.79 Å². The van der Waals surface area contributed by atoms with Gasteiger partial charge in [0.15, 0.2) is 5.82 Å². The van der Waals surface area contributed by atoms with Crippen LogP contribution in [0.3, 0.4) is 0 Å². The number of piperazine rings is 1. The maximum Gasteiger partial charge on any atom is 0.339 e. The average Bonchev–Trinajstić information content (AvgIpc) is 2.80. The Kier molecular flexibility index (Phi) is 5.46. The van der Waals surface area contributed by atoms with E-state index >= 15 is 0 Å². The molecule has 3 heterocycles. The lowest BCUT2D eigenvalue weighted by atomic mass is 10.2. The molecule has 29 heavy (non-hydrogen) atoms. The van der Waals surface area contributed by atoms with Crippen molar-refractivity contribution in [2.24, 2.45) is 0 Å². The molecule has 9 nitrogen and oxygen atoms in total. The zero-order chi connectivity index (χ0) is 20.1. The number of ether oxygens (including phenoxy) is 1. The fraction of sp³-hybridized carbons (Fsp3) is 0.250. The molecule has 9 heteroatoms. The van der Waals surface area contributed by atoms with E-state index in [1.165, 1.54) is 13.3 Å². The van der Waals surface area contributed by atoms with E-state index in [0.717, 1.165) is 32.0 Å². The van der Waals surface area contributed by atoms with Gasteiger partial charge in [-0.3, -0.25) is 0 Å². The first-order chi connectivity index (χ1) is 14.2. The van der Waals surface area contributed by atoms with Crippen LogP contribution >= 0.6 is 0 Å². The number of pyridine rings is 1. The second kappa shape index (κ2) is 8.51. The van der Waals surface area contributed by atoms with Crippen LogP contribution in [0, 0.1) is 0 Å². The number of nitrogens with one attached hydrogen (secondary N) is 1. The number of para-hydroxylation sites is 1. The summed E-state index contributed by atoms with van der Waals surface area (Å²) in [5.41, 5.74) is 1.03. The van der Waals surface area contributed by atoms with Gasteiger partial charge in [-0.25, -0.2) is 9.78 Å². The molecule has 1 N–H and O–H groups in total. The van der Waals surface area contributed by atoms with Crippen LogP contribution in [0.5, 0.6) is 0 Å². The van der Waals surface area contributed by atoms with Crippen LogP contribution in [0.25, 0.3) is 0 Å². The Hall–Kier alpha value is -3.75. The molecule has 2 aromatic heterocycles. The first kappa shape index (κ1) is 18.6. The standard InChI is InChI=1S/C20H21N7O2/c1-29-19(28)15-6-2-3-7-16(15)23-17-14-22-25-20(24-17)27-12-10-26(11-13-27)18-8-4-5-9-21-18/h2-9,14H,10-13H2,1H3,(H,23,24,25). The van der Waals surface area contributed by atoms with Crippen LogP contribution < -0.4 is 15.1 Å². The van der Waals surface area contributed by atoms with Crippen molar-refractivity contribution in [2.75, 3.05) is 48.4 Å². The number of carbonyl (C=O) groups is 1. The summed E-state index contributed by atoms with van der Waals surface area (Å²) in [5.74, 6) is 1.62. The molecule has 4 rings (SSSR count). The van der Waals surface area contributed by atoms with E-state index < -0.39 is 5.97 Å². The van der Waals surface area contributed by atoms with Crippen molar-refractivity contribution in [3.8, 4) is 0 Å². The van der Waals surface area contributed by atoms with Crippen LogP contribution in [0.1, 0.15) is 10.4 Å². The monoisotopic (exact) mass is 391 g/mol. The molecule has 0 atom stereocenters. The van der Waals surface area contributed by atoms with Crippen molar-refractivity contribution in [3.63, 3.8) is 0 Å². The van der Waals surface area contributed by atoms with Crippen molar-refractivity contribution in [3.05, 3.63) is 60.4 Å². The second-order valence-electron chi connectivity index (χ2n) is 6.47. The number of hydrogen-bond acceptors (Lipinski definition) is 9. The summed E-state index contributed by atoms with van der Waals surface area (Å²) in [4.78, 5) is 25.3. The van der Waals surface area contributed by atoms with E-state index in [4.69, 9.17) is 4.74 Å². The van der Waals surface area contributed by atoms with Crippen LogP contribution in [0.4, 0.5) is 23.3 Å². The average molecular weight is 391 g/mol. The molecule has 0 spiro atoms. The summed E-state index contributed by atoms with van der Waals surface area (Å²) in [7, 11) is 1.36. The number of methoxy groups -OCH3 is 1. The molecule has 1 fully saturated rings. The third-order valence-electron chi connectivity index (χ3n) is 4.68. The summed E-state index contributed by atoms with van der Waals surface area (Å²) in [6.07, 6.45) is 3.33. The summed E-state index contributed by atoms with van der Waals surface area (Å²) in [5, 5.41) is 11.4. The number of nitrogens with zero attached hydrogens (tertiary/aromatic N) is 6. The van der Waals surface area contributed by atoms with Gasteiger partial charge < -0.3 is 19.9 Å². The van der Waals surface area contributed by atoms with Crippen molar-refractivity contribution in [1.82, 2.24) is 20.2 Å². The summed E-state index contributed by atoms with van der Waals surface area (Å²) < 4.78 is 4.83. The highest BCUT2D eigenvalue weighted by molar-refractivity contribution is 5.96. The third kappa shape index (κ3) is 4.23. The molecular weight excluding hydrogens is 370 g/mol. The second-order valence-corrected chi connectivity index (χ2v) is 6.47. The molecule has 3 aromatic rings. The fourth-order valence-corrected chi connectivity index (χ4v) is 3.18. The Morgan fingerprint density at radius 3 is 2.55 bits per heavy atom. The minimum absolute atomic E-state index is 0.416. The maximum atomic E-state index is 12.0. The molecule has 1 aliphatic heterocycles. The van der Waals surface area contributed by atoms with Crippen LogP contribution in [0.2, 0.25) is 0 Å². The van der Waals surface area contributed by atoms with Gasteiger partial charge in [0.05, 0.1) is 24.6 Å². The lowest BCUT2D eigenvalue weighted by molar-refractivity contribution is 0.0602. The van der Waals surface area contributed by atoms with E-state index in [1.54, 1.807) is 24.4 Å². The van der Waals surface area contributed by atoms with Gasteiger partial charge in [-0.15, -0.1) is 5.10 Å². The molecule has 148 valence electrons. The largest absolute Gasteiger partial charge is 0.465 e. The van der Waals surface area contributed by atoms with Gasteiger partial charge in [0.1, 0.15) is 5.82 Å². The number of esters is 1. The first-order valence-electron chi connectivity index (χ1n) is 9.29. The van der Waals surface area contributed by atoms with Gasteiger partial charge >= 0.3 is 5.97 Å². The van der Waals surface area contributed by atoms with Crippen molar-refractivity contribution >= 4 is 29.2 Å². The number of anilines is 4. The van der Waals surface area contributed by atoms with Crippen molar-refractivity contribution < 1.29 is 9.53 Å². The molecule has 0 aliphatic carbocycles. The Morgan fingerprint density at radius 2 is 1.79 bits per heavy atom. The SMILES string of the molecule is COC(=O)c1ccccc1Nc1cnnc(N2CCN(c3ccccn3)CC2)n1. The Morgan fingerprint density at radius 1 is 1.03 bits per heavy atom. The minimum atomic E-state index is -0.416. The van der Waals surface area contributed by atoms with E-state index in [1.807, 2.05) is 24.3 Å². The Bertz CT molecular complexity index is 975. The quantitative estimate of drug-likeness (QED) is 0.656. The normalized spacial score (nSPS) is 13.8. The van der Waals surface area contributed by atoms with Gasteiger partial charge in [-0.1, -0.05) is 18.2 Å². The minimum Gasteiger partial charge on any atom is -0.465 e. The fourth-order valence-electron chi connectivity index (χ4n) is 3.18. The molecule has 1 aromatic carbocycles. The molecule has 0 bridgehead atoms. The van der Waals surface area contributed by atoms with Crippen LogP contribution in [0.15, 0.2) is 54.9 Å². The van der Waals surface area contributed by atoms with E-state index in [-0.39, 0.29) is 0 Å². The third-order valence-corrected chi connectivity index (χ3v) is 4.68. The number of aromatic nitrogens is 4. The molecular formula is C20H21N7O2. The smallest absolute Gasteiger partial charge is 0.339 e.